The molecule has 0 atom stereocenters. The Morgan fingerprint density at radius 1 is 0.600 bits per heavy atom. The number of hydrogen-bond acceptors (Lipinski definition) is 2. The Morgan fingerprint density at radius 2 is 0.900 bits per heavy atom. The van der Waals surface area contributed by atoms with E-state index in [1.54, 1.807) is 24.3 Å². The van der Waals surface area contributed by atoms with Crippen molar-refractivity contribution in [2.24, 2.45) is 11.8 Å². The first-order valence-electron chi connectivity index (χ1n) is 7.16. The fraction of sp³-hybridized carbons (Fsp3) is 0.333. The van der Waals surface area contributed by atoms with Crippen LogP contribution in [-0.4, -0.2) is 10.2 Å². The minimum Gasteiger partial charge on any atom is -0.508 e. The molecule has 1 aliphatic carbocycles. The van der Waals surface area contributed by atoms with Gasteiger partial charge in [-0.2, -0.15) is 0 Å². The highest BCUT2D eigenvalue weighted by Gasteiger charge is 2.46. The summed E-state index contributed by atoms with van der Waals surface area (Å²) in [6, 6.07) is 15.2. The SMILES string of the molecule is CC1C(c2ccc(O)cc2)C(C)C1c1ccc(O)cc1. The Labute approximate surface area is 119 Å². The Morgan fingerprint density at radius 3 is 1.20 bits per heavy atom. The van der Waals surface area contributed by atoms with Gasteiger partial charge in [0, 0.05) is 0 Å². The molecule has 0 radical (unpaired) electrons. The summed E-state index contributed by atoms with van der Waals surface area (Å²) in [5, 5.41) is 18.8. The Kier molecular flexibility index (Phi) is 3.17. The Hall–Kier alpha value is -1.96. The van der Waals surface area contributed by atoms with Crippen molar-refractivity contribution >= 4 is 0 Å². The van der Waals surface area contributed by atoms with E-state index in [0.717, 1.165) is 0 Å². The van der Waals surface area contributed by atoms with Crippen LogP contribution in [0.25, 0.3) is 0 Å². The van der Waals surface area contributed by atoms with E-state index in [1.165, 1.54) is 11.1 Å². The van der Waals surface area contributed by atoms with Crippen molar-refractivity contribution in [2.45, 2.75) is 25.7 Å². The van der Waals surface area contributed by atoms with Crippen LogP contribution in [-0.2, 0) is 0 Å². The van der Waals surface area contributed by atoms with E-state index in [1.807, 2.05) is 24.3 Å². The van der Waals surface area contributed by atoms with E-state index in [0.29, 0.717) is 35.2 Å². The standard InChI is InChI=1S/C18H20O2/c1-11-17(13-3-7-15(19)8-4-13)12(2)18(11)14-5-9-16(20)10-6-14/h3-12,17-20H,1-2H3. The maximum atomic E-state index is 9.39. The topological polar surface area (TPSA) is 40.5 Å². The van der Waals surface area contributed by atoms with Gasteiger partial charge in [0.2, 0.25) is 0 Å². The first-order chi connectivity index (χ1) is 9.58. The predicted molar refractivity (Wildman–Crippen MR) is 80.0 cm³/mol. The van der Waals surface area contributed by atoms with Crippen molar-refractivity contribution in [1.29, 1.82) is 0 Å². The summed E-state index contributed by atoms with van der Waals surface area (Å²) in [6.07, 6.45) is 0. The summed E-state index contributed by atoms with van der Waals surface area (Å²) >= 11 is 0. The monoisotopic (exact) mass is 268 g/mol. The minimum absolute atomic E-state index is 0.323. The molecule has 2 N–H and O–H groups in total. The van der Waals surface area contributed by atoms with Crippen LogP contribution in [0, 0.1) is 11.8 Å². The summed E-state index contributed by atoms with van der Waals surface area (Å²) in [4.78, 5) is 0. The second-order valence-corrected chi connectivity index (χ2v) is 5.95. The summed E-state index contributed by atoms with van der Waals surface area (Å²) in [7, 11) is 0. The second kappa shape index (κ2) is 4.86. The maximum Gasteiger partial charge on any atom is 0.115 e. The van der Waals surface area contributed by atoms with Crippen LogP contribution in [0.3, 0.4) is 0 Å². The fourth-order valence-corrected chi connectivity index (χ4v) is 3.87. The van der Waals surface area contributed by atoms with Crippen LogP contribution in [0.4, 0.5) is 0 Å². The fourth-order valence-electron chi connectivity index (χ4n) is 3.87. The van der Waals surface area contributed by atoms with Gasteiger partial charge in [0.25, 0.3) is 0 Å². The van der Waals surface area contributed by atoms with Crippen molar-refractivity contribution < 1.29 is 10.2 Å². The molecule has 2 nitrogen and oxygen atoms in total. The molecule has 2 aromatic rings. The van der Waals surface area contributed by atoms with Crippen LogP contribution in [0.5, 0.6) is 11.5 Å². The van der Waals surface area contributed by atoms with Crippen molar-refractivity contribution in [3.63, 3.8) is 0 Å². The molecular weight excluding hydrogens is 248 g/mol. The maximum absolute atomic E-state index is 9.39. The van der Waals surface area contributed by atoms with E-state index in [-0.39, 0.29) is 0 Å². The summed E-state index contributed by atoms with van der Waals surface area (Å²) in [5.41, 5.74) is 2.61. The smallest absolute Gasteiger partial charge is 0.115 e. The highest BCUT2D eigenvalue weighted by molar-refractivity contribution is 5.37. The number of rotatable bonds is 2. The molecule has 2 heteroatoms. The van der Waals surface area contributed by atoms with E-state index in [4.69, 9.17) is 0 Å². The third kappa shape index (κ3) is 2.05. The molecule has 104 valence electrons. The lowest BCUT2D eigenvalue weighted by Crippen LogP contribution is -2.39. The van der Waals surface area contributed by atoms with Gasteiger partial charge in [-0.3, -0.25) is 0 Å². The number of hydrogen-bond donors (Lipinski definition) is 2. The van der Waals surface area contributed by atoms with E-state index < -0.39 is 0 Å². The molecule has 1 fully saturated rings. The molecule has 1 saturated carbocycles. The van der Waals surface area contributed by atoms with Gasteiger partial charge in [0.05, 0.1) is 0 Å². The quantitative estimate of drug-likeness (QED) is 0.854. The molecule has 3 rings (SSSR count). The zero-order valence-corrected chi connectivity index (χ0v) is 11.8. The van der Waals surface area contributed by atoms with Gasteiger partial charge < -0.3 is 10.2 Å². The van der Waals surface area contributed by atoms with Gasteiger partial charge in [-0.25, -0.2) is 0 Å². The summed E-state index contributed by atoms with van der Waals surface area (Å²) in [5.74, 6) is 2.86. The zero-order valence-electron chi connectivity index (χ0n) is 11.8. The third-order valence-electron chi connectivity index (χ3n) is 4.82. The van der Waals surface area contributed by atoms with E-state index >= 15 is 0 Å². The van der Waals surface area contributed by atoms with Gasteiger partial charge in [-0.05, 0) is 59.1 Å². The van der Waals surface area contributed by atoms with Gasteiger partial charge in [0.1, 0.15) is 11.5 Å². The minimum atomic E-state index is 0.323. The molecule has 0 bridgehead atoms. The second-order valence-electron chi connectivity index (χ2n) is 5.95. The van der Waals surface area contributed by atoms with Crippen LogP contribution in [0.15, 0.2) is 48.5 Å². The molecule has 0 heterocycles. The molecule has 0 aromatic heterocycles. The zero-order chi connectivity index (χ0) is 14.3. The average molecular weight is 268 g/mol. The van der Waals surface area contributed by atoms with Crippen LogP contribution >= 0.6 is 0 Å². The third-order valence-corrected chi connectivity index (χ3v) is 4.82. The van der Waals surface area contributed by atoms with Crippen LogP contribution in [0.1, 0.15) is 36.8 Å². The molecule has 1 aliphatic rings. The van der Waals surface area contributed by atoms with Crippen molar-refractivity contribution in [3.05, 3.63) is 59.7 Å². The largest absolute Gasteiger partial charge is 0.508 e. The number of phenols is 2. The average Bonchev–Trinajstić information content (AvgIpc) is 2.44. The molecule has 0 saturated heterocycles. The lowest BCUT2D eigenvalue weighted by atomic mass is 9.54. The van der Waals surface area contributed by atoms with Gasteiger partial charge >= 0.3 is 0 Å². The number of aromatic hydroxyl groups is 2. The molecular formula is C18H20O2. The van der Waals surface area contributed by atoms with Gasteiger partial charge in [-0.15, -0.1) is 0 Å². The van der Waals surface area contributed by atoms with Crippen molar-refractivity contribution in [3.8, 4) is 11.5 Å². The van der Waals surface area contributed by atoms with Crippen LogP contribution in [0.2, 0.25) is 0 Å². The molecule has 0 unspecified atom stereocenters. The summed E-state index contributed by atoms with van der Waals surface area (Å²) in [6.45, 7) is 4.57. The molecule has 0 aliphatic heterocycles. The molecule has 0 spiro atoms. The first-order valence-corrected chi connectivity index (χ1v) is 7.16. The van der Waals surface area contributed by atoms with Gasteiger partial charge in [-0.1, -0.05) is 38.1 Å². The lowest BCUT2D eigenvalue weighted by molar-refractivity contribution is 0.125. The Bertz CT molecular complexity index is 522. The van der Waals surface area contributed by atoms with Gasteiger partial charge in [0.15, 0.2) is 0 Å². The van der Waals surface area contributed by atoms with Crippen molar-refractivity contribution in [1.82, 2.24) is 0 Å². The Balaban J connectivity index is 1.82. The number of benzene rings is 2. The highest BCUT2D eigenvalue weighted by Crippen LogP contribution is 2.57. The first kappa shape index (κ1) is 13.0. The summed E-state index contributed by atoms with van der Waals surface area (Å²) < 4.78 is 0. The molecule has 20 heavy (non-hydrogen) atoms. The van der Waals surface area contributed by atoms with Crippen LogP contribution < -0.4 is 0 Å². The molecule has 2 aromatic carbocycles. The predicted octanol–water partition coefficient (Wildman–Crippen LogP) is 4.25. The number of phenolic OH excluding ortho intramolecular Hbond substituents is 2. The van der Waals surface area contributed by atoms with E-state index in [2.05, 4.69) is 13.8 Å². The van der Waals surface area contributed by atoms with Crippen molar-refractivity contribution in [2.75, 3.05) is 0 Å². The molecule has 0 amide bonds. The normalized spacial score (nSPS) is 28.9. The highest BCUT2D eigenvalue weighted by atomic mass is 16.3. The lowest BCUT2D eigenvalue weighted by Gasteiger charge is -2.50. The van der Waals surface area contributed by atoms with E-state index in [9.17, 15) is 10.2 Å².